The van der Waals surface area contributed by atoms with Crippen LogP contribution in [0.1, 0.15) is 41.9 Å². The number of alkyl halides is 3. The molecule has 0 saturated heterocycles. The average molecular weight is 449 g/mol. The third-order valence-electron chi connectivity index (χ3n) is 4.47. The Morgan fingerprint density at radius 2 is 2.07 bits per heavy atom. The van der Waals surface area contributed by atoms with Crippen LogP contribution in [0.15, 0.2) is 16.7 Å². The van der Waals surface area contributed by atoms with E-state index in [4.69, 9.17) is 4.74 Å². The van der Waals surface area contributed by atoms with E-state index in [1.807, 2.05) is 0 Å². The van der Waals surface area contributed by atoms with Gasteiger partial charge >= 0.3 is 6.36 Å². The van der Waals surface area contributed by atoms with Gasteiger partial charge in [-0.1, -0.05) is 0 Å². The van der Waals surface area contributed by atoms with Gasteiger partial charge in [0.1, 0.15) is 11.4 Å². The molecule has 2 aromatic rings. The number of halogens is 4. The van der Waals surface area contributed by atoms with Gasteiger partial charge in [-0.25, -0.2) is 9.50 Å². The van der Waals surface area contributed by atoms with E-state index in [2.05, 4.69) is 36.1 Å². The Labute approximate surface area is 160 Å². The van der Waals surface area contributed by atoms with Crippen molar-refractivity contribution in [1.29, 1.82) is 0 Å². The van der Waals surface area contributed by atoms with Gasteiger partial charge in [0.25, 0.3) is 5.91 Å². The number of nitrogens with zero attached hydrogens (tertiary/aromatic N) is 3. The fourth-order valence-electron chi connectivity index (χ4n) is 2.89. The minimum absolute atomic E-state index is 0.114. The van der Waals surface area contributed by atoms with E-state index in [1.54, 1.807) is 0 Å². The lowest BCUT2D eigenvalue weighted by Gasteiger charge is -2.35. The Kier molecular flexibility index (Phi) is 4.85. The highest BCUT2D eigenvalue weighted by Crippen LogP contribution is 2.31. The van der Waals surface area contributed by atoms with Crippen molar-refractivity contribution in [2.75, 3.05) is 0 Å². The van der Waals surface area contributed by atoms with Crippen LogP contribution < -0.4 is 5.32 Å². The van der Waals surface area contributed by atoms with Crippen LogP contribution in [0.2, 0.25) is 0 Å². The smallest absolute Gasteiger partial charge is 0.372 e. The molecule has 4 rings (SSSR count). The maximum atomic E-state index is 12.5. The molecule has 2 aliphatic rings. The van der Waals surface area contributed by atoms with E-state index in [1.165, 1.54) is 16.8 Å². The molecule has 0 aliphatic heterocycles. The molecule has 1 amide bonds. The highest BCUT2D eigenvalue weighted by Gasteiger charge is 2.40. The second-order valence-corrected chi connectivity index (χ2v) is 7.46. The van der Waals surface area contributed by atoms with E-state index >= 15 is 0 Å². The predicted molar refractivity (Wildman–Crippen MR) is 89.9 cm³/mol. The molecule has 27 heavy (non-hydrogen) atoms. The Bertz CT molecular complexity index is 862. The zero-order chi connectivity index (χ0) is 19.2. The fraction of sp³-hybridized carbons (Fsp3) is 0.562. The molecule has 2 heterocycles. The van der Waals surface area contributed by atoms with Crippen molar-refractivity contribution in [3.8, 4) is 0 Å². The van der Waals surface area contributed by atoms with Crippen LogP contribution in [-0.2, 0) is 16.1 Å². The number of rotatable bonds is 6. The second kappa shape index (κ2) is 7.02. The van der Waals surface area contributed by atoms with Gasteiger partial charge in [-0.2, -0.15) is 5.10 Å². The summed E-state index contributed by atoms with van der Waals surface area (Å²) >= 11 is 3.44. The molecule has 146 valence electrons. The van der Waals surface area contributed by atoms with Crippen LogP contribution in [0.25, 0.3) is 5.65 Å². The molecule has 2 aromatic heterocycles. The van der Waals surface area contributed by atoms with Gasteiger partial charge in [-0.3, -0.25) is 9.53 Å². The molecule has 7 nitrogen and oxygen atoms in total. The van der Waals surface area contributed by atoms with Gasteiger partial charge in [0.05, 0.1) is 23.3 Å². The Hall–Kier alpha value is -1.72. The number of nitrogens with one attached hydrogen (secondary N) is 1. The lowest BCUT2D eigenvalue weighted by molar-refractivity contribution is -0.351. The average Bonchev–Trinajstić information content (AvgIpc) is 3.33. The SMILES string of the molecule is O=C(NC1CC(OC(F)(F)F)C1)c1ccnc2c(Br)c(COC3CC3)nn12. The Balaban J connectivity index is 1.43. The van der Waals surface area contributed by atoms with E-state index < -0.39 is 18.4 Å². The van der Waals surface area contributed by atoms with Gasteiger partial charge < -0.3 is 10.1 Å². The van der Waals surface area contributed by atoms with Gasteiger partial charge in [0.15, 0.2) is 5.65 Å². The quantitative estimate of drug-likeness (QED) is 0.734. The topological polar surface area (TPSA) is 77.8 Å². The molecular formula is C16H16BrF3N4O3. The number of hydrogen-bond acceptors (Lipinski definition) is 5. The van der Waals surface area contributed by atoms with Crippen LogP contribution in [0.5, 0.6) is 0 Å². The molecule has 11 heteroatoms. The second-order valence-electron chi connectivity index (χ2n) is 6.66. The minimum atomic E-state index is -4.66. The predicted octanol–water partition coefficient (Wildman–Crippen LogP) is 2.97. The molecule has 0 unspecified atom stereocenters. The first kappa shape index (κ1) is 18.6. The Morgan fingerprint density at radius 3 is 2.74 bits per heavy atom. The summed E-state index contributed by atoms with van der Waals surface area (Å²) in [6, 6.07) is 1.14. The van der Waals surface area contributed by atoms with E-state index in [0.29, 0.717) is 22.4 Å². The van der Waals surface area contributed by atoms with Crippen LogP contribution in [0.3, 0.4) is 0 Å². The maximum absolute atomic E-state index is 12.5. The lowest BCUT2D eigenvalue weighted by atomic mass is 9.89. The fourth-order valence-corrected chi connectivity index (χ4v) is 3.35. The number of aromatic nitrogens is 3. The molecule has 0 atom stereocenters. The van der Waals surface area contributed by atoms with E-state index in [9.17, 15) is 18.0 Å². The first-order valence-corrected chi connectivity index (χ1v) is 9.28. The van der Waals surface area contributed by atoms with Crippen molar-refractivity contribution in [1.82, 2.24) is 19.9 Å². The summed E-state index contributed by atoms with van der Waals surface area (Å²) in [5.74, 6) is -0.428. The zero-order valence-electron chi connectivity index (χ0n) is 14.0. The number of ether oxygens (including phenoxy) is 2. The largest absolute Gasteiger partial charge is 0.522 e. The molecule has 1 N–H and O–H groups in total. The van der Waals surface area contributed by atoms with Crippen molar-refractivity contribution in [3.63, 3.8) is 0 Å². The number of carbonyl (C=O) groups excluding carboxylic acids is 1. The summed E-state index contributed by atoms with van der Waals surface area (Å²) in [5.41, 5.74) is 1.36. The zero-order valence-corrected chi connectivity index (χ0v) is 15.6. The molecular weight excluding hydrogens is 433 g/mol. The normalized spacial score (nSPS) is 22.7. The minimum Gasteiger partial charge on any atom is -0.372 e. The molecule has 2 aliphatic carbocycles. The van der Waals surface area contributed by atoms with Gasteiger partial charge in [-0.05, 0) is 47.7 Å². The molecule has 0 spiro atoms. The van der Waals surface area contributed by atoms with Gasteiger partial charge in [0, 0.05) is 12.2 Å². The molecule has 0 bridgehead atoms. The summed E-state index contributed by atoms with van der Waals surface area (Å²) in [6.07, 6.45) is -1.52. The van der Waals surface area contributed by atoms with Crippen molar-refractivity contribution >= 4 is 27.5 Å². The third-order valence-corrected chi connectivity index (χ3v) is 5.28. The number of fused-ring (bicyclic) bond motifs is 1. The van der Waals surface area contributed by atoms with Crippen LogP contribution in [-0.4, -0.2) is 45.1 Å². The third kappa shape index (κ3) is 4.25. The summed E-state index contributed by atoms with van der Waals surface area (Å²) in [5, 5.41) is 7.10. The molecule has 0 aromatic carbocycles. The monoisotopic (exact) mass is 448 g/mol. The number of amides is 1. The van der Waals surface area contributed by atoms with Crippen LogP contribution in [0, 0.1) is 0 Å². The van der Waals surface area contributed by atoms with Gasteiger partial charge in [0.2, 0.25) is 0 Å². The molecule has 2 saturated carbocycles. The number of carbonyl (C=O) groups is 1. The van der Waals surface area contributed by atoms with E-state index in [0.717, 1.165) is 12.8 Å². The summed E-state index contributed by atoms with van der Waals surface area (Å²) in [7, 11) is 0. The van der Waals surface area contributed by atoms with Crippen LogP contribution in [0.4, 0.5) is 13.2 Å². The van der Waals surface area contributed by atoms with Crippen molar-refractivity contribution in [2.24, 2.45) is 0 Å². The van der Waals surface area contributed by atoms with Crippen LogP contribution >= 0.6 is 15.9 Å². The first-order valence-electron chi connectivity index (χ1n) is 8.49. The van der Waals surface area contributed by atoms with Crippen molar-refractivity contribution < 1.29 is 27.4 Å². The summed E-state index contributed by atoms with van der Waals surface area (Å²) in [6.45, 7) is 0.314. The van der Waals surface area contributed by atoms with Gasteiger partial charge in [-0.15, -0.1) is 13.2 Å². The van der Waals surface area contributed by atoms with E-state index in [-0.39, 0.29) is 30.7 Å². The maximum Gasteiger partial charge on any atom is 0.522 e. The summed E-state index contributed by atoms with van der Waals surface area (Å²) in [4.78, 5) is 16.8. The standard InChI is InChI=1S/C16H16BrF3N4O3/c17-13-11(7-26-9-1-2-9)23-24-12(3-4-21-14(13)24)15(25)22-8-5-10(6-8)27-16(18,19)20/h3-4,8-10H,1-2,5-7H2,(H,22,25). The highest BCUT2D eigenvalue weighted by molar-refractivity contribution is 9.10. The Morgan fingerprint density at radius 1 is 1.33 bits per heavy atom. The van der Waals surface area contributed by atoms with Crippen molar-refractivity contribution in [2.45, 2.75) is 56.9 Å². The molecule has 2 fully saturated rings. The lowest BCUT2D eigenvalue weighted by Crippen LogP contribution is -2.49. The first-order chi connectivity index (χ1) is 12.8. The summed E-state index contributed by atoms with van der Waals surface area (Å²) < 4.78 is 48.2. The highest BCUT2D eigenvalue weighted by atomic mass is 79.9. The molecule has 0 radical (unpaired) electrons. The van der Waals surface area contributed by atoms with Crippen molar-refractivity contribution in [3.05, 3.63) is 28.1 Å². The number of hydrogen-bond donors (Lipinski definition) is 1.